The molecule has 0 saturated heterocycles. The summed E-state index contributed by atoms with van der Waals surface area (Å²) in [7, 11) is 0. The maximum Gasteiger partial charge on any atom is 0.412 e. The summed E-state index contributed by atoms with van der Waals surface area (Å²) in [5.74, 6) is 0.265. The molecular formula is C13H20F3N. The minimum absolute atomic E-state index is 0.0182. The van der Waals surface area contributed by atoms with Gasteiger partial charge in [-0.15, -0.1) is 0 Å². The second-order valence-electron chi connectivity index (χ2n) is 4.24. The zero-order chi connectivity index (χ0) is 13.6. The highest BCUT2D eigenvalue weighted by molar-refractivity contribution is 5.97. The van der Waals surface area contributed by atoms with E-state index in [0.29, 0.717) is 5.71 Å². The first kappa shape index (κ1) is 15.9. The molecule has 0 heterocycles. The Labute approximate surface area is 101 Å². The normalized spacial score (nSPS) is 17.8. The van der Waals surface area contributed by atoms with Gasteiger partial charge in [-0.1, -0.05) is 33.8 Å². The molecule has 0 aromatic carbocycles. The van der Waals surface area contributed by atoms with E-state index in [4.69, 9.17) is 0 Å². The van der Waals surface area contributed by atoms with Crippen LogP contribution in [-0.2, 0) is 0 Å². The summed E-state index contributed by atoms with van der Waals surface area (Å²) < 4.78 is 37.3. The van der Waals surface area contributed by atoms with Crippen LogP contribution in [0.15, 0.2) is 29.4 Å². The van der Waals surface area contributed by atoms with Crippen LogP contribution in [0.5, 0.6) is 0 Å². The number of aliphatic imine (C=N–C) groups is 1. The first-order valence-electron chi connectivity index (χ1n) is 5.68. The summed E-state index contributed by atoms with van der Waals surface area (Å²) in [6.07, 6.45) is -1.000. The van der Waals surface area contributed by atoms with E-state index in [1.807, 2.05) is 20.8 Å². The quantitative estimate of drug-likeness (QED) is 0.621. The Balaban J connectivity index is 5.15. The number of halogens is 3. The van der Waals surface area contributed by atoms with Gasteiger partial charge in [-0.2, -0.15) is 13.2 Å². The predicted octanol–water partition coefficient (Wildman–Crippen LogP) is 4.76. The third-order valence-corrected chi connectivity index (χ3v) is 3.02. The second-order valence-corrected chi connectivity index (χ2v) is 4.24. The molecule has 0 aliphatic heterocycles. The average molecular weight is 247 g/mol. The van der Waals surface area contributed by atoms with Crippen molar-refractivity contribution in [2.45, 2.75) is 40.3 Å². The van der Waals surface area contributed by atoms with Crippen LogP contribution in [-0.4, -0.2) is 11.9 Å². The molecule has 0 aliphatic carbocycles. The van der Waals surface area contributed by atoms with Gasteiger partial charge >= 0.3 is 6.18 Å². The lowest BCUT2D eigenvalue weighted by Crippen LogP contribution is -2.19. The SMILES string of the molecule is C=CN=C(/C=C(\C)C(F)(F)F)C(C)C(C)CC. The monoisotopic (exact) mass is 247 g/mol. The number of hydrogen-bond donors (Lipinski definition) is 0. The summed E-state index contributed by atoms with van der Waals surface area (Å²) in [6, 6.07) is 0. The van der Waals surface area contributed by atoms with Gasteiger partial charge in [-0.25, -0.2) is 0 Å². The van der Waals surface area contributed by atoms with Crippen LogP contribution in [0.1, 0.15) is 34.1 Å². The Morgan fingerprint density at radius 3 is 2.24 bits per heavy atom. The fourth-order valence-electron chi connectivity index (χ4n) is 1.34. The van der Waals surface area contributed by atoms with Gasteiger partial charge in [0.05, 0.1) is 0 Å². The van der Waals surface area contributed by atoms with Crippen molar-refractivity contribution in [3.05, 3.63) is 24.4 Å². The van der Waals surface area contributed by atoms with Crippen molar-refractivity contribution in [1.82, 2.24) is 0 Å². The lowest BCUT2D eigenvalue weighted by molar-refractivity contribution is -0.0912. The molecule has 2 atom stereocenters. The predicted molar refractivity (Wildman–Crippen MR) is 66.1 cm³/mol. The molecule has 0 N–H and O–H groups in total. The molecule has 17 heavy (non-hydrogen) atoms. The van der Waals surface area contributed by atoms with Crippen LogP contribution < -0.4 is 0 Å². The van der Waals surface area contributed by atoms with Gasteiger partial charge in [0.25, 0.3) is 0 Å². The Kier molecular flexibility index (Phi) is 6.21. The zero-order valence-electron chi connectivity index (χ0n) is 10.8. The molecule has 0 rings (SSSR count). The van der Waals surface area contributed by atoms with Gasteiger partial charge in [0.2, 0.25) is 0 Å². The van der Waals surface area contributed by atoms with Gasteiger partial charge < -0.3 is 0 Å². The number of nitrogens with zero attached hydrogens (tertiary/aromatic N) is 1. The molecule has 4 heteroatoms. The smallest absolute Gasteiger partial charge is 0.262 e. The van der Waals surface area contributed by atoms with Crippen LogP contribution in [0, 0.1) is 11.8 Å². The highest BCUT2D eigenvalue weighted by Gasteiger charge is 2.30. The van der Waals surface area contributed by atoms with Gasteiger partial charge in [0, 0.05) is 23.4 Å². The Bertz CT molecular complexity index is 313. The largest absolute Gasteiger partial charge is 0.412 e. The molecule has 0 saturated carbocycles. The van der Waals surface area contributed by atoms with E-state index in [1.54, 1.807) is 0 Å². The molecule has 0 spiro atoms. The number of alkyl halides is 3. The van der Waals surface area contributed by atoms with Gasteiger partial charge in [0.1, 0.15) is 0 Å². The minimum Gasteiger partial charge on any atom is -0.262 e. The molecule has 0 aromatic rings. The van der Waals surface area contributed by atoms with Crippen LogP contribution in [0.25, 0.3) is 0 Å². The Morgan fingerprint density at radius 2 is 1.88 bits per heavy atom. The highest BCUT2D eigenvalue weighted by atomic mass is 19.4. The van der Waals surface area contributed by atoms with E-state index >= 15 is 0 Å². The average Bonchev–Trinajstić information content (AvgIpc) is 2.25. The zero-order valence-corrected chi connectivity index (χ0v) is 10.8. The van der Waals surface area contributed by atoms with E-state index in [1.165, 1.54) is 6.20 Å². The van der Waals surface area contributed by atoms with Crippen molar-refractivity contribution in [1.29, 1.82) is 0 Å². The summed E-state index contributed by atoms with van der Waals surface area (Å²) in [4.78, 5) is 3.95. The lowest BCUT2D eigenvalue weighted by Gasteiger charge is -2.19. The first-order valence-corrected chi connectivity index (χ1v) is 5.68. The summed E-state index contributed by atoms with van der Waals surface area (Å²) in [5.41, 5.74) is -0.197. The molecule has 0 aliphatic rings. The summed E-state index contributed by atoms with van der Waals surface area (Å²) in [5, 5.41) is 0. The third-order valence-electron chi connectivity index (χ3n) is 3.02. The summed E-state index contributed by atoms with van der Waals surface area (Å²) >= 11 is 0. The van der Waals surface area contributed by atoms with Crippen LogP contribution >= 0.6 is 0 Å². The number of rotatable bonds is 5. The standard InChI is InChI=1S/C13H20F3N/c1-6-9(3)11(5)12(17-7-2)8-10(4)13(14,15)16/h7-9,11H,2,6H2,1,3-5H3/b10-8+,17-12?. The molecule has 0 aromatic heterocycles. The van der Waals surface area contributed by atoms with Crippen LogP contribution in [0.4, 0.5) is 13.2 Å². The molecule has 0 amide bonds. The molecule has 0 fully saturated rings. The fourth-order valence-corrected chi connectivity index (χ4v) is 1.34. The molecule has 0 radical (unpaired) electrons. The maximum atomic E-state index is 12.4. The van der Waals surface area contributed by atoms with Crippen molar-refractivity contribution in [2.75, 3.05) is 0 Å². The minimum atomic E-state index is -4.29. The van der Waals surface area contributed by atoms with Crippen molar-refractivity contribution in [2.24, 2.45) is 16.8 Å². The van der Waals surface area contributed by atoms with Gasteiger partial charge in [0.15, 0.2) is 0 Å². The molecule has 1 nitrogen and oxygen atoms in total. The van der Waals surface area contributed by atoms with Crippen molar-refractivity contribution in [3.63, 3.8) is 0 Å². The van der Waals surface area contributed by atoms with E-state index in [-0.39, 0.29) is 11.8 Å². The van der Waals surface area contributed by atoms with Crippen molar-refractivity contribution in [3.8, 4) is 0 Å². The van der Waals surface area contributed by atoms with Crippen molar-refractivity contribution < 1.29 is 13.2 Å². The van der Waals surface area contributed by atoms with E-state index < -0.39 is 11.7 Å². The fraction of sp³-hybridized carbons (Fsp3) is 0.615. The molecule has 98 valence electrons. The maximum absolute atomic E-state index is 12.4. The van der Waals surface area contributed by atoms with Gasteiger partial charge in [-0.05, 0) is 18.9 Å². The van der Waals surface area contributed by atoms with E-state index in [9.17, 15) is 13.2 Å². The summed E-state index contributed by atoms with van der Waals surface area (Å²) in [6.45, 7) is 10.4. The lowest BCUT2D eigenvalue weighted by atomic mass is 9.88. The second kappa shape index (κ2) is 6.62. The van der Waals surface area contributed by atoms with Crippen LogP contribution in [0.2, 0.25) is 0 Å². The van der Waals surface area contributed by atoms with Crippen LogP contribution in [0.3, 0.4) is 0 Å². The Hall–Kier alpha value is -1.06. The number of hydrogen-bond acceptors (Lipinski definition) is 1. The third kappa shape index (κ3) is 5.20. The molecule has 0 bridgehead atoms. The van der Waals surface area contributed by atoms with Crippen molar-refractivity contribution >= 4 is 5.71 Å². The van der Waals surface area contributed by atoms with Gasteiger partial charge in [-0.3, -0.25) is 4.99 Å². The van der Waals surface area contributed by atoms with E-state index in [0.717, 1.165) is 19.4 Å². The topological polar surface area (TPSA) is 12.4 Å². The molecular weight excluding hydrogens is 227 g/mol. The van der Waals surface area contributed by atoms with E-state index in [2.05, 4.69) is 11.6 Å². The Morgan fingerprint density at radius 1 is 1.35 bits per heavy atom. The number of allylic oxidation sites excluding steroid dienone is 2. The first-order chi connectivity index (χ1) is 7.73. The highest BCUT2D eigenvalue weighted by Crippen LogP contribution is 2.26. The molecule has 2 unspecified atom stereocenters.